The van der Waals surface area contributed by atoms with E-state index in [-0.39, 0.29) is 23.9 Å². The van der Waals surface area contributed by atoms with Crippen molar-refractivity contribution in [1.29, 1.82) is 0 Å². The van der Waals surface area contributed by atoms with E-state index < -0.39 is 6.17 Å². The number of likely N-dealkylation sites (tertiary alicyclic amines) is 1. The number of likely N-dealkylation sites (N-methyl/N-ethyl adjacent to an activating group) is 1. The lowest BCUT2D eigenvalue weighted by molar-refractivity contribution is -0.127. The summed E-state index contributed by atoms with van der Waals surface area (Å²) in [5.41, 5.74) is 4.51. The highest BCUT2D eigenvalue weighted by Gasteiger charge is 2.45. The van der Waals surface area contributed by atoms with E-state index in [9.17, 15) is 9.59 Å². The van der Waals surface area contributed by atoms with Crippen LogP contribution in [0.4, 0.5) is 16.2 Å². The van der Waals surface area contributed by atoms with Gasteiger partial charge < -0.3 is 29.9 Å². The van der Waals surface area contributed by atoms with Crippen molar-refractivity contribution in [2.45, 2.75) is 37.9 Å². The molecule has 11 heteroatoms. The number of urea groups is 1. The lowest BCUT2D eigenvalue weighted by atomic mass is 9.95. The van der Waals surface area contributed by atoms with E-state index in [1.54, 1.807) is 20.3 Å². The average Bonchev–Trinajstić information content (AvgIpc) is 3.90. The molecule has 0 saturated carbocycles. The SMILES string of the molecule is COc1cc(OC)c(C2C=C2)c(N2CC3=CNC(Nc4ccccc4)=NC3N(C3CCN(C(=O)/C=C/CN(C)C)CC3)C2=O)c1C. The maximum atomic E-state index is 14.8. The van der Waals surface area contributed by atoms with Gasteiger partial charge in [-0.25, -0.2) is 9.79 Å². The van der Waals surface area contributed by atoms with Gasteiger partial charge in [0.2, 0.25) is 11.9 Å². The quantitative estimate of drug-likeness (QED) is 0.317. The highest BCUT2D eigenvalue weighted by Crippen LogP contribution is 2.49. The standard InChI is InChI=1S/C35H43N7O4/c1-23-28(45-4)20-29(46-5)31(24-13-14-24)32(23)41-22-25-21-36-34(37-26-10-7-6-8-11-26)38-33(25)42(35(41)44)27-15-18-40(19-16-27)30(43)12-9-17-39(2)3/h6-14,20-21,24,27,33H,15-19,22H2,1-5H3,(H2,36,37,38)/b12-9+. The van der Waals surface area contributed by atoms with Crippen molar-refractivity contribution in [2.75, 3.05) is 64.7 Å². The minimum atomic E-state index is -0.487. The van der Waals surface area contributed by atoms with Crippen LogP contribution in [0.25, 0.3) is 0 Å². The Labute approximate surface area is 270 Å². The fourth-order valence-corrected chi connectivity index (χ4v) is 6.47. The third kappa shape index (κ3) is 6.32. The number of nitrogens with one attached hydrogen (secondary N) is 2. The van der Waals surface area contributed by atoms with Crippen LogP contribution < -0.4 is 25.0 Å². The molecule has 2 saturated heterocycles. The molecule has 3 heterocycles. The number of carbonyl (C=O) groups is 2. The number of aliphatic imine (C=N–C) groups is 1. The van der Waals surface area contributed by atoms with Crippen molar-refractivity contribution in [3.8, 4) is 11.5 Å². The molecule has 1 atom stereocenters. The van der Waals surface area contributed by atoms with E-state index in [0.717, 1.165) is 28.1 Å². The Morgan fingerprint density at radius 2 is 1.83 bits per heavy atom. The number of guanidine groups is 1. The molecule has 2 N–H and O–H groups in total. The Bertz CT molecular complexity index is 1590. The summed E-state index contributed by atoms with van der Waals surface area (Å²) in [5.74, 6) is 2.01. The predicted molar refractivity (Wildman–Crippen MR) is 181 cm³/mol. The van der Waals surface area contributed by atoms with E-state index >= 15 is 0 Å². The van der Waals surface area contributed by atoms with Gasteiger partial charge in [0, 0.05) is 72.3 Å². The van der Waals surface area contributed by atoms with Gasteiger partial charge in [0.25, 0.3) is 0 Å². The first-order valence-corrected chi connectivity index (χ1v) is 15.8. The molecule has 0 bridgehead atoms. The van der Waals surface area contributed by atoms with Gasteiger partial charge in [-0.1, -0.05) is 36.4 Å². The molecule has 11 nitrogen and oxygen atoms in total. The Kier molecular flexibility index (Phi) is 9.03. The molecule has 1 unspecified atom stereocenters. The highest BCUT2D eigenvalue weighted by molar-refractivity contribution is 6.00. The van der Waals surface area contributed by atoms with Gasteiger partial charge in [0.05, 0.1) is 26.5 Å². The van der Waals surface area contributed by atoms with E-state index in [1.807, 2.05) is 89.3 Å². The summed E-state index contributed by atoms with van der Waals surface area (Å²) in [5, 5.41) is 6.68. The number of hydrogen-bond donors (Lipinski definition) is 2. The van der Waals surface area contributed by atoms with Crippen LogP contribution in [-0.4, -0.2) is 99.3 Å². The van der Waals surface area contributed by atoms with E-state index in [4.69, 9.17) is 14.5 Å². The molecule has 2 fully saturated rings. The monoisotopic (exact) mass is 625 g/mol. The van der Waals surface area contributed by atoms with Gasteiger partial charge >= 0.3 is 6.03 Å². The van der Waals surface area contributed by atoms with Crippen molar-refractivity contribution in [3.63, 3.8) is 0 Å². The lowest BCUT2D eigenvalue weighted by Crippen LogP contribution is -2.62. The van der Waals surface area contributed by atoms with E-state index in [1.165, 1.54) is 0 Å². The minimum Gasteiger partial charge on any atom is -0.496 e. The zero-order valence-electron chi connectivity index (χ0n) is 27.2. The third-order valence-electron chi connectivity index (χ3n) is 8.91. The zero-order valence-corrected chi connectivity index (χ0v) is 27.2. The molecule has 4 aliphatic rings. The summed E-state index contributed by atoms with van der Waals surface area (Å²) < 4.78 is 11.6. The van der Waals surface area contributed by atoms with E-state index in [2.05, 4.69) is 22.8 Å². The van der Waals surface area contributed by atoms with Crippen LogP contribution in [0.2, 0.25) is 0 Å². The summed E-state index contributed by atoms with van der Waals surface area (Å²) >= 11 is 0. The summed E-state index contributed by atoms with van der Waals surface area (Å²) in [4.78, 5) is 40.5. The molecule has 3 amide bonds. The van der Waals surface area contributed by atoms with Crippen LogP contribution in [0.3, 0.4) is 0 Å². The Hall–Kier alpha value is -4.77. The number of allylic oxidation sites excluding steroid dienone is 2. The maximum Gasteiger partial charge on any atom is 0.327 e. The smallest absolute Gasteiger partial charge is 0.327 e. The largest absolute Gasteiger partial charge is 0.496 e. The molecule has 0 aromatic heterocycles. The number of para-hydroxylation sites is 1. The number of hydrogen-bond acceptors (Lipinski definition) is 8. The fraction of sp³-hybridized carbons (Fsp3) is 0.400. The summed E-state index contributed by atoms with van der Waals surface area (Å²) in [6.07, 6.45) is 10.5. The molecular weight excluding hydrogens is 582 g/mol. The first-order chi connectivity index (χ1) is 22.3. The van der Waals surface area contributed by atoms with Crippen molar-refractivity contribution >= 4 is 29.3 Å². The number of fused-ring (bicyclic) bond motifs is 1. The zero-order chi connectivity index (χ0) is 32.4. The second kappa shape index (κ2) is 13.3. The normalized spacial score (nSPS) is 20.0. The molecule has 46 heavy (non-hydrogen) atoms. The number of ether oxygens (including phenoxy) is 2. The van der Waals surface area contributed by atoms with Crippen molar-refractivity contribution in [3.05, 3.63) is 83.6 Å². The van der Waals surface area contributed by atoms with Gasteiger partial charge in [-0.05, 0) is 46.0 Å². The molecule has 2 aromatic rings. The second-order valence-corrected chi connectivity index (χ2v) is 12.3. The van der Waals surface area contributed by atoms with Gasteiger partial charge in [-0.3, -0.25) is 14.6 Å². The maximum absolute atomic E-state index is 14.8. The van der Waals surface area contributed by atoms with Crippen LogP contribution in [0.5, 0.6) is 11.5 Å². The topological polar surface area (TPSA) is 102 Å². The lowest BCUT2D eigenvalue weighted by Gasteiger charge is -2.48. The Morgan fingerprint density at radius 1 is 1.11 bits per heavy atom. The minimum absolute atomic E-state index is 0.00222. The van der Waals surface area contributed by atoms with Crippen LogP contribution in [-0.2, 0) is 4.79 Å². The first-order valence-electron chi connectivity index (χ1n) is 15.8. The number of amides is 3. The summed E-state index contributed by atoms with van der Waals surface area (Å²) in [6.45, 7) is 4.18. The molecule has 1 aliphatic carbocycles. The van der Waals surface area contributed by atoms with Gasteiger partial charge in [0.1, 0.15) is 11.5 Å². The van der Waals surface area contributed by atoms with Crippen LogP contribution in [0, 0.1) is 6.92 Å². The van der Waals surface area contributed by atoms with Gasteiger partial charge in [0.15, 0.2) is 6.17 Å². The van der Waals surface area contributed by atoms with Crippen molar-refractivity contribution in [1.82, 2.24) is 20.0 Å². The number of rotatable bonds is 9. The number of anilines is 2. The fourth-order valence-electron chi connectivity index (χ4n) is 6.47. The third-order valence-corrected chi connectivity index (χ3v) is 8.91. The molecule has 3 aliphatic heterocycles. The molecule has 0 radical (unpaired) electrons. The van der Waals surface area contributed by atoms with Crippen molar-refractivity contribution < 1.29 is 19.1 Å². The molecule has 242 valence electrons. The van der Waals surface area contributed by atoms with Crippen LogP contribution in [0.1, 0.15) is 29.9 Å². The molecule has 2 aromatic carbocycles. The Balaban J connectivity index is 1.33. The van der Waals surface area contributed by atoms with Gasteiger partial charge in [-0.15, -0.1) is 0 Å². The number of carbonyl (C=O) groups excluding carboxylic acids is 2. The summed E-state index contributed by atoms with van der Waals surface area (Å²) in [7, 11) is 7.22. The number of methoxy groups -OCH3 is 2. The Morgan fingerprint density at radius 3 is 2.48 bits per heavy atom. The average molecular weight is 626 g/mol. The molecule has 0 spiro atoms. The second-order valence-electron chi connectivity index (χ2n) is 12.3. The molecular formula is C35H43N7O4. The predicted octanol–water partition coefficient (Wildman–Crippen LogP) is 4.30. The highest BCUT2D eigenvalue weighted by atomic mass is 16.5. The van der Waals surface area contributed by atoms with Gasteiger partial charge in [-0.2, -0.15) is 0 Å². The number of nitrogens with zero attached hydrogens (tertiary/aromatic N) is 5. The van der Waals surface area contributed by atoms with Crippen LogP contribution >= 0.6 is 0 Å². The summed E-state index contributed by atoms with van der Waals surface area (Å²) in [6, 6.07) is 11.5. The number of benzene rings is 2. The van der Waals surface area contributed by atoms with Crippen molar-refractivity contribution in [2.24, 2.45) is 4.99 Å². The number of piperidine rings is 1. The first kappa shape index (κ1) is 31.2. The molecule has 6 rings (SSSR count). The van der Waals surface area contributed by atoms with E-state index in [0.29, 0.717) is 56.5 Å². The van der Waals surface area contributed by atoms with Crippen LogP contribution in [0.15, 0.2) is 77.5 Å².